The zero-order valence-corrected chi connectivity index (χ0v) is 12.8. The lowest BCUT2D eigenvalue weighted by Gasteiger charge is -2.48. The van der Waals surface area contributed by atoms with Gasteiger partial charge in [0, 0.05) is 37.6 Å². The topological polar surface area (TPSA) is 54.2 Å². The standard InChI is InChI=1S/C15H26N4O/c1-11(2)13-8-17-15(3,12-4-5-12)9-19(13)7-6-14-16-10-20-18-14/h10-13,17H,4-9H2,1-3H3. The van der Waals surface area contributed by atoms with Crippen molar-refractivity contribution in [1.29, 1.82) is 0 Å². The van der Waals surface area contributed by atoms with E-state index >= 15 is 0 Å². The van der Waals surface area contributed by atoms with Gasteiger partial charge in [0.1, 0.15) is 0 Å². The molecule has 5 heteroatoms. The molecule has 1 aromatic heterocycles. The maximum absolute atomic E-state index is 4.83. The van der Waals surface area contributed by atoms with Gasteiger partial charge in [-0.25, -0.2) is 0 Å². The third-order valence-electron chi connectivity index (χ3n) is 4.99. The van der Waals surface area contributed by atoms with Crippen molar-refractivity contribution in [2.75, 3.05) is 19.6 Å². The highest BCUT2D eigenvalue weighted by Gasteiger charge is 2.46. The second-order valence-corrected chi connectivity index (χ2v) is 6.95. The fraction of sp³-hybridized carbons (Fsp3) is 0.867. The summed E-state index contributed by atoms with van der Waals surface area (Å²) in [6.07, 6.45) is 5.06. The number of hydrogen-bond acceptors (Lipinski definition) is 5. The van der Waals surface area contributed by atoms with Crippen LogP contribution in [0.1, 0.15) is 39.4 Å². The quantitative estimate of drug-likeness (QED) is 0.888. The van der Waals surface area contributed by atoms with E-state index in [1.165, 1.54) is 19.2 Å². The Kier molecular flexibility index (Phi) is 3.82. The maximum Gasteiger partial charge on any atom is 0.213 e. The van der Waals surface area contributed by atoms with E-state index in [9.17, 15) is 0 Å². The zero-order chi connectivity index (χ0) is 14.2. The molecule has 2 unspecified atom stereocenters. The summed E-state index contributed by atoms with van der Waals surface area (Å²) in [5.41, 5.74) is 0.294. The van der Waals surface area contributed by atoms with Crippen LogP contribution in [0.3, 0.4) is 0 Å². The third kappa shape index (κ3) is 2.88. The number of nitrogens with one attached hydrogen (secondary N) is 1. The Bertz CT molecular complexity index is 429. The van der Waals surface area contributed by atoms with Gasteiger partial charge in [-0.15, -0.1) is 0 Å². The summed E-state index contributed by atoms with van der Waals surface area (Å²) in [6, 6.07) is 0.605. The van der Waals surface area contributed by atoms with E-state index in [0.29, 0.717) is 17.5 Å². The SMILES string of the molecule is CC(C)C1CNC(C)(C2CC2)CN1CCc1ncon1. The van der Waals surface area contributed by atoms with Crippen LogP contribution >= 0.6 is 0 Å². The second kappa shape index (κ2) is 5.45. The molecular formula is C15H26N4O. The van der Waals surface area contributed by atoms with Crippen LogP contribution in [-0.2, 0) is 6.42 Å². The summed E-state index contributed by atoms with van der Waals surface area (Å²) in [4.78, 5) is 6.77. The predicted molar refractivity (Wildman–Crippen MR) is 77.3 cm³/mol. The van der Waals surface area contributed by atoms with Crippen LogP contribution in [0.25, 0.3) is 0 Å². The van der Waals surface area contributed by atoms with Gasteiger partial charge in [-0.3, -0.25) is 4.90 Å². The molecule has 0 bridgehead atoms. The van der Waals surface area contributed by atoms with Crippen molar-refractivity contribution < 1.29 is 4.52 Å². The van der Waals surface area contributed by atoms with Gasteiger partial charge in [0.15, 0.2) is 5.82 Å². The van der Waals surface area contributed by atoms with Crippen molar-refractivity contribution in [1.82, 2.24) is 20.4 Å². The largest absolute Gasteiger partial charge is 0.343 e. The fourth-order valence-corrected chi connectivity index (χ4v) is 3.50. The smallest absolute Gasteiger partial charge is 0.213 e. The van der Waals surface area contributed by atoms with Crippen molar-refractivity contribution >= 4 is 0 Å². The van der Waals surface area contributed by atoms with Gasteiger partial charge < -0.3 is 9.84 Å². The Hall–Kier alpha value is -0.940. The van der Waals surface area contributed by atoms with Crippen molar-refractivity contribution in [3.05, 3.63) is 12.2 Å². The van der Waals surface area contributed by atoms with E-state index in [0.717, 1.165) is 37.8 Å². The molecule has 5 nitrogen and oxygen atoms in total. The van der Waals surface area contributed by atoms with Crippen LogP contribution in [-0.4, -0.2) is 46.3 Å². The fourth-order valence-electron chi connectivity index (χ4n) is 3.50. The molecule has 0 amide bonds. The summed E-state index contributed by atoms with van der Waals surface area (Å²) in [5, 5.41) is 7.75. The first-order valence-electron chi connectivity index (χ1n) is 7.83. The van der Waals surface area contributed by atoms with E-state index in [1.807, 2.05) is 0 Å². The van der Waals surface area contributed by atoms with E-state index < -0.39 is 0 Å². The predicted octanol–water partition coefficient (Wildman–Crippen LogP) is 1.71. The zero-order valence-electron chi connectivity index (χ0n) is 12.8. The number of hydrogen-bond donors (Lipinski definition) is 1. The molecular weight excluding hydrogens is 252 g/mol. The van der Waals surface area contributed by atoms with Crippen LogP contribution in [0.15, 0.2) is 10.9 Å². The number of rotatable bonds is 5. The molecule has 0 spiro atoms. The molecule has 1 aromatic rings. The van der Waals surface area contributed by atoms with Gasteiger partial charge in [0.25, 0.3) is 0 Å². The molecule has 1 saturated heterocycles. The molecule has 1 aliphatic carbocycles. The summed E-state index contributed by atoms with van der Waals surface area (Å²) >= 11 is 0. The highest BCUT2D eigenvalue weighted by molar-refractivity contribution is 5.04. The molecule has 0 radical (unpaired) electrons. The number of piperazine rings is 1. The lowest BCUT2D eigenvalue weighted by molar-refractivity contribution is 0.0529. The van der Waals surface area contributed by atoms with E-state index in [4.69, 9.17) is 4.52 Å². The van der Waals surface area contributed by atoms with Gasteiger partial charge in [0.05, 0.1) is 0 Å². The molecule has 1 saturated carbocycles. The third-order valence-corrected chi connectivity index (χ3v) is 4.99. The van der Waals surface area contributed by atoms with Crippen LogP contribution in [0.2, 0.25) is 0 Å². The summed E-state index contributed by atoms with van der Waals surface area (Å²) in [5.74, 6) is 2.35. The Morgan fingerprint density at radius 2 is 2.30 bits per heavy atom. The lowest BCUT2D eigenvalue weighted by atomic mass is 9.88. The van der Waals surface area contributed by atoms with Crippen LogP contribution in [0.4, 0.5) is 0 Å². The molecule has 2 aliphatic rings. The van der Waals surface area contributed by atoms with Gasteiger partial charge in [-0.05, 0) is 31.6 Å². The normalized spacial score (nSPS) is 31.9. The molecule has 112 valence electrons. The van der Waals surface area contributed by atoms with Crippen molar-refractivity contribution in [2.24, 2.45) is 11.8 Å². The van der Waals surface area contributed by atoms with Gasteiger partial charge >= 0.3 is 0 Å². The van der Waals surface area contributed by atoms with Crippen molar-refractivity contribution in [3.63, 3.8) is 0 Å². The van der Waals surface area contributed by atoms with E-state index in [-0.39, 0.29) is 0 Å². The summed E-state index contributed by atoms with van der Waals surface area (Å²) in [7, 11) is 0. The average molecular weight is 278 g/mol. The Labute approximate surface area is 121 Å². The minimum atomic E-state index is 0.294. The monoisotopic (exact) mass is 278 g/mol. The first kappa shape index (κ1) is 14.0. The molecule has 1 N–H and O–H groups in total. The Morgan fingerprint density at radius 3 is 2.90 bits per heavy atom. The highest BCUT2D eigenvalue weighted by atomic mass is 16.5. The van der Waals surface area contributed by atoms with E-state index in [2.05, 4.69) is 41.1 Å². The molecule has 2 heterocycles. The highest BCUT2D eigenvalue weighted by Crippen LogP contribution is 2.41. The first-order valence-corrected chi connectivity index (χ1v) is 7.83. The van der Waals surface area contributed by atoms with Crippen molar-refractivity contribution in [3.8, 4) is 0 Å². The van der Waals surface area contributed by atoms with Gasteiger partial charge in [-0.2, -0.15) is 4.98 Å². The molecule has 0 aromatic carbocycles. The molecule has 3 rings (SSSR count). The van der Waals surface area contributed by atoms with Crippen LogP contribution in [0.5, 0.6) is 0 Å². The van der Waals surface area contributed by atoms with Gasteiger partial charge in [-0.1, -0.05) is 19.0 Å². The average Bonchev–Trinajstić information content (AvgIpc) is 3.15. The number of nitrogens with zero attached hydrogens (tertiary/aromatic N) is 3. The maximum atomic E-state index is 4.83. The lowest BCUT2D eigenvalue weighted by Crippen LogP contribution is -2.65. The Morgan fingerprint density at radius 1 is 1.50 bits per heavy atom. The summed E-state index contributed by atoms with van der Waals surface area (Å²) < 4.78 is 4.83. The molecule has 1 aliphatic heterocycles. The Balaban J connectivity index is 1.65. The van der Waals surface area contributed by atoms with Crippen LogP contribution in [0, 0.1) is 11.8 Å². The van der Waals surface area contributed by atoms with E-state index in [1.54, 1.807) is 0 Å². The summed E-state index contributed by atoms with van der Waals surface area (Å²) in [6.45, 7) is 10.3. The second-order valence-electron chi connectivity index (χ2n) is 6.95. The molecule has 2 atom stereocenters. The number of aromatic nitrogens is 2. The first-order chi connectivity index (χ1) is 9.58. The van der Waals surface area contributed by atoms with Crippen LogP contribution < -0.4 is 5.32 Å². The molecule has 2 fully saturated rings. The minimum Gasteiger partial charge on any atom is -0.343 e. The van der Waals surface area contributed by atoms with Crippen molar-refractivity contribution in [2.45, 2.75) is 51.6 Å². The molecule has 20 heavy (non-hydrogen) atoms. The van der Waals surface area contributed by atoms with Gasteiger partial charge in [0.2, 0.25) is 6.39 Å². The minimum absolute atomic E-state index is 0.294.